The van der Waals surface area contributed by atoms with E-state index in [4.69, 9.17) is 9.47 Å². The van der Waals surface area contributed by atoms with Crippen molar-refractivity contribution in [1.82, 2.24) is 4.90 Å². The van der Waals surface area contributed by atoms with Crippen LogP contribution in [0.15, 0.2) is 84.9 Å². The number of hydrogen-bond donors (Lipinski definition) is 0. The second kappa shape index (κ2) is 10.6. The van der Waals surface area contributed by atoms with E-state index in [0.29, 0.717) is 24.9 Å². The number of ether oxygens (including phenoxy) is 2. The fraction of sp³-hybridized carbons (Fsp3) is 0.231. The number of nitrogens with zero attached hydrogens (tertiary/aromatic N) is 2. The third-order valence-corrected chi connectivity index (χ3v) is 5.71. The van der Waals surface area contributed by atoms with Crippen LogP contribution < -0.4 is 0 Å². The molecule has 0 aromatic heterocycles. The smallest absolute Gasteiger partial charge is 0.411 e. The summed E-state index contributed by atoms with van der Waals surface area (Å²) >= 11 is 0. The van der Waals surface area contributed by atoms with Crippen LogP contribution in [-0.2, 0) is 20.9 Å². The molecule has 8 heteroatoms. The summed E-state index contributed by atoms with van der Waals surface area (Å²) in [5.74, 6) is -0.524. The molecular weight excluding hydrogens is 436 g/mol. The molecule has 1 amide bonds. The van der Waals surface area contributed by atoms with Gasteiger partial charge in [-0.05, 0) is 41.7 Å². The first-order chi connectivity index (χ1) is 16.5. The second-order valence-corrected chi connectivity index (χ2v) is 7.97. The van der Waals surface area contributed by atoms with Gasteiger partial charge in [0, 0.05) is 18.7 Å². The molecule has 0 saturated carbocycles. The topological polar surface area (TPSA) is 99.0 Å². The monoisotopic (exact) mass is 460 g/mol. The van der Waals surface area contributed by atoms with Crippen molar-refractivity contribution in [2.75, 3.05) is 6.54 Å². The first-order valence-corrected chi connectivity index (χ1v) is 11.0. The Hall–Kier alpha value is -4.20. The fourth-order valence-corrected chi connectivity index (χ4v) is 3.95. The number of esters is 1. The minimum atomic E-state index is -0.738. The second-order valence-electron chi connectivity index (χ2n) is 7.97. The lowest BCUT2D eigenvalue weighted by Crippen LogP contribution is -2.42. The third kappa shape index (κ3) is 5.40. The number of amides is 1. The van der Waals surface area contributed by atoms with Crippen molar-refractivity contribution in [1.29, 1.82) is 0 Å². The van der Waals surface area contributed by atoms with E-state index in [-0.39, 0.29) is 12.3 Å². The number of non-ortho nitro benzene ring substituents is 1. The average Bonchev–Trinajstić information content (AvgIpc) is 3.37. The van der Waals surface area contributed by atoms with Gasteiger partial charge < -0.3 is 9.47 Å². The lowest BCUT2D eigenvalue weighted by atomic mass is 10.0. The van der Waals surface area contributed by atoms with Crippen molar-refractivity contribution in [2.24, 2.45) is 0 Å². The van der Waals surface area contributed by atoms with E-state index in [1.54, 1.807) is 0 Å². The van der Waals surface area contributed by atoms with Gasteiger partial charge in [-0.2, -0.15) is 0 Å². The van der Waals surface area contributed by atoms with E-state index in [9.17, 15) is 19.7 Å². The largest absolute Gasteiger partial charge is 0.459 e. The van der Waals surface area contributed by atoms with E-state index in [2.05, 4.69) is 0 Å². The fourth-order valence-electron chi connectivity index (χ4n) is 3.95. The van der Waals surface area contributed by atoms with E-state index >= 15 is 0 Å². The molecule has 174 valence electrons. The van der Waals surface area contributed by atoms with Gasteiger partial charge in [0.2, 0.25) is 0 Å². The van der Waals surface area contributed by atoms with Gasteiger partial charge in [-0.1, -0.05) is 60.7 Å². The lowest BCUT2D eigenvalue weighted by Gasteiger charge is -2.26. The van der Waals surface area contributed by atoms with E-state index in [1.807, 2.05) is 60.7 Å². The molecule has 8 nitrogen and oxygen atoms in total. The van der Waals surface area contributed by atoms with Crippen LogP contribution in [-0.4, -0.2) is 34.5 Å². The van der Waals surface area contributed by atoms with E-state index < -0.39 is 29.1 Å². The van der Waals surface area contributed by atoms with Crippen molar-refractivity contribution in [3.8, 4) is 0 Å². The number of carbonyl (C=O) groups excluding carboxylic acids is 2. The molecule has 1 saturated heterocycles. The summed E-state index contributed by atoms with van der Waals surface area (Å²) < 4.78 is 11.3. The summed E-state index contributed by atoms with van der Waals surface area (Å²) in [6.07, 6.45) is -0.0386. The highest BCUT2D eigenvalue weighted by molar-refractivity contribution is 5.82. The molecule has 1 heterocycles. The summed E-state index contributed by atoms with van der Waals surface area (Å²) in [5.41, 5.74) is 2.25. The van der Waals surface area contributed by atoms with Crippen molar-refractivity contribution in [3.05, 3.63) is 112 Å². The van der Waals surface area contributed by atoms with Gasteiger partial charge in [0.05, 0.1) is 4.92 Å². The lowest BCUT2D eigenvalue weighted by molar-refractivity contribution is -0.384. The highest BCUT2D eigenvalue weighted by Gasteiger charge is 2.37. The maximum atomic E-state index is 13.1. The summed E-state index contributed by atoms with van der Waals surface area (Å²) in [5, 5.41) is 10.8. The Morgan fingerprint density at radius 2 is 1.53 bits per heavy atom. The summed E-state index contributed by atoms with van der Waals surface area (Å²) in [4.78, 5) is 37.6. The molecule has 0 bridgehead atoms. The third-order valence-electron chi connectivity index (χ3n) is 5.71. The van der Waals surface area contributed by atoms with Crippen LogP contribution >= 0.6 is 0 Å². The quantitative estimate of drug-likeness (QED) is 0.279. The number of carbonyl (C=O) groups is 2. The number of nitro benzene ring substituents is 1. The van der Waals surface area contributed by atoms with Gasteiger partial charge in [-0.25, -0.2) is 9.59 Å². The highest BCUT2D eigenvalue weighted by atomic mass is 16.6. The summed E-state index contributed by atoms with van der Waals surface area (Å²) in [6.45, 7) is 0.360. The van der Waals surface area contributed by atoms with Crippen molar-refractivity contribution >= 4 is 17.7 Å². The average molecular weight is 460 g/mol. The van der Waals surface area contributed by atoms with Gasteiger partial charge in [-0.3, -0.25) is 15.0 Å². The Morgan fingerprint density at radius 1 is 0.941 bits per heavy atom. The molecule has 4 rings (SSSR count). The predicted octanol–water partition coefficient (Wildman–Crippen LogP) is 5.03. The van der Waals surface area contributed by atoms with Gasteiger partial charge in [-0.15, -0.1) is 0 Å². The van der Waals surface area contributed by atoms with Crippen LogP contribution in [0.4, 0.5) is 10.5 Å². The van der Waals surface area contributed by atoms with Gasteiger partial charge in [0.1, 0.15) is 12.6 Å². The molecule has 1 atom stereocenters. The summed E-state index contributed by atoms with van der Waals surface area (Å²) in [6, 6.07) is 23.9. The van der Waals surface area contributed by atoms with Crippen molar-refractivity contribution in [3.63, 3.8) is 0 Å². The van der Waals surface area contributed by atoms with Crippen LogP contribution in [0.5, 0.6) is 0 Å². The van der Waals surface area contributed by atoms with Gasteiger partial charge in [0.25, 0.3) is 5.69 Å². The molecular formula is C26H24N2O6. The number of nitro groups is 1. The van der Waals surface area contributed by atoms with Crippen LogP contribution in [0.3, 0.4) is 0 Å². The molecule has 1 fully saturated rings. The van der Waals surface area contributed by atoms with Crippen LogP contribution in [0.1, 0.15) is 35.6 Å². The number of benzene rings is 3. The molecule has 0 radical (unpaired) electrons. The Kier molecular flexibility index (Phi) is 7.17. The molecule has 1 aliphatic rings. The number of hydrogen-bond acceptors (Lipinski definition) is 6. The Morgan fingerprint density at radius 3 is 2.09 bits per heavy atom. The predicted molar refractivity (Wildman–Crippen MR) is 124 cm³/mol. The van der Waals surface area contributed by atoms with Crippen LogP contribution in [0, 0.1) is 10.1 Å². The van der Waals surface area contributed by atoms with Crippen LogP contribution in [0.2, 0.25) is 0 Å². The zero-order chi connectivity index (χ0) is 23.9. The number of likely N-dealkylation sites (tertiary alicyclic amines) is 1. The van der Waals surface area contributed by atoms with Crippen LogP contribution in [0.25, 0.3) is 0 Å². The Labute approximate surface area is 196 Å². The van der Waals surface area contributed by atoms with Crippen molar-refractivity contribution in [2.45, 2.75) is 31.6 Å². The Bertz CT molecular complexity index is 1100. The normalized spacial score (nSPS) is 15.2. The highest BCUT2D eigenvalue weighted by Crippen LogP contribution is 2.29. The molecule has 0 N–H and O–H groups in total. The molecule has 1 unspecified atom stereocenters. The molecule has 0 aliphatic carbocycles. The Balaban J connectivity index is 1.42. The van der Waals surface area contributed by atoms with E-state index in [1.165, 1.54) is 29.2 Å². The standard InChI is InChI=1S/C26H24N2O6/c29-25(33-18-19-13-15-22(16-14-19)28(31)32)23-12-7-17-27(23)26(30)34-24(20-8-3-1-4-9-20)21-10-5-2-6-11-21/h1-6,8-11,13-16,23-24H,7,12,17-18H2. The number of rotatable bonds is 7. The maximum absolute atomic E-state index is 13.1. The van der Waals surface area contributed by atoms with Gasteiger partial charge >= 0.3 is 12.1 Å². The molecule has 1 aliphatic heterocycles. The molecule has 34 heavy (non-hydrogen) atoms. The molecule has 0 spiro atoms. The van der Waals surface area contributed by atoms with E-state index in [0.717, 1.165) is 11.1 Å². The molecule has 3 aromatic rings. The minimum absolute atomic E-state index is 0.0349. The zero-order valence-corrected chi connectivity index (χ0v) is 18.4. The van der Waals surface area contributed by atoms with Crippen molar-refractivity contribution < 1.29 is 24.0 Å². The molecule has 3 aromatic carbocycles. The minimum Gasteiger partial charge on any atom is -0.459 e. The van der Waals surface area contributed by atoms with Gasteiger partial charge in [0.15, 0.2) is 6.10 Å². The SMILES string of the molecule is O=C(OCc1ccc([N+](=O)[O-])cc1)C1CCCN1C(=O)OC(c1ccccc1)c1ccccc1. The zero-order valence-electron chi connectivity index (χ0n) is 18.4. The maximum Gasteiger partial charge on any atom is 0.411 e. The summed E-state index contributed by atoms with van der Waals surface area (Å²) in [7, 11) is 0. The first kappa shape index (κ1) is 23.0. The first-order valence-electron chi connectivity index (χ1n) is 11.0.